The fraction of sp³-hybridized carbons (Fsp3) is 0.500. The van der Waals surface area contributed by atoms with Crippen LogP contribution in [0.4, 0.5) is 4.79 Å². The van der Waals surface area contributed by atoms with Crippen molar-refractivity contribution in [3.05, 3.63) is 35.9 Å². The number of rotatable bonds is 5. The predicted molar refractivity (Wildman–Crippen MR) is 79.8 cm³/mol. The molecule has 1 atom stereocenters. The highest BCUT2D eigenvalue weighted by Crippen LogP contribution is 2.16. The smallest absolute Gasteiger partial charge is 0.408 e. The van der Waals surface area contributed by atoms with E-state index in [1.807, 2.05) is 13.0 Å². The van der Waals surface area contributed by atoms with Crippen molar-refractivity contribution in [2.45, 2.75) is 45.8 Å². The molecule has 1 rings (SSSR count). The number of ether oxygens (including phenoxy) is 2. The Kier molecular flexibility index (Phi) is 6.21. The van der Waals surface area contributed by atoms with Crippen molar-refractivity contribution >= 4 is 12.1 Å². The van der Waals surface area contributed by atoms with Crippen molar-refractivity contribution in [1.29, 1.82) is 0 Å². The lowest BCUT2D eigenvalue weighted by Gasteiger charge is -2.23. The number of amides is 1. The number of hydrogen-bond donors (Lipinski definition) is 1. The van der Waals surface area contributed by atoms with Gasteiger partial charge < -0.3 is 14.8 Å². The predicted octanol–water partition coefficient (Wildman–Crippen LogP) is 3.21. The van der Waals surface area contributed by atoms with Crippen LogP contribution in [0.1, 0.15) is 45.7 Å². The van der Waals surface area contributed by atoms with Gasteiger partial charge in [0.15, 0.2) is 6.04 Å². The Labute approximate surface area is 125 Å². The number of alkyl carbamates (subject to hydrolysis) is 1. The van der Waals surface area contributed by atoms with Crippen LogP contribution in [0.2, 0.25) is 0 Å². The Balaban J connectivity index is 2.82. The molecule has 0 aliphatic heterocycles. The normalized spacial score (nSPS) is 12.4. The Morgan fingerprint density at radius 3 is 2.33 bits per heavy atom. The Morgan fingerprint density at radius 2 is 1.81 bits per heavy atom. The molecule has 0 saturated carbocycles. The van der Waals surface area contributed by atoms with Crippen molar-refractivity contribution in [3.8, 4) is 0 Å². The van der Waals surface area contributed by atoms with E-state index in [4.69, 9.17) is 9.47 Å². The summed E-state index contributed by atoms with van der Waals surface area (Å²) in [5, 5.41) is 2.56. The summed E-state index contributed by atoms with van der Waals surface area (Å²) in [5.74, 6) is -0.492. The van der Waals surface area contributed by atoms with Crippen LogP contribution in [0, 0.1) is 0 Å². The first kappa shape index (κ1) is 17.0. The van der Waals surface area contributed by atoms with Crippen LogP contribution < -0.4 is 5.32 Å². The molecule has 0 aliphatic rings. The second kappa shape index (κ2) is 7.67. The molecular formula is C16H23NO4. The van der Waals surface area contributed by atoms with Gasteiger partial charge >= 0.3 is 12.1 Å². The lowest BCUT2D eigenvalue weighted by Crippen LogP contribution is -2.38. The zero-order valence-electron chi connectivity index (χ0n) is 13.0. The molecular weight excluding hydrogens is 270 g/mol. The Hall–Kier alpha value is -2.04. The van der Waals surface area contributed by atoms with Crippen LogP contribution in [0.3, 0.4) is 0 Å². The summed E-state index contributed by atoms with van der Waals surface area (Å²) in [4.78, 5) is 24.0. The van der Waals surface area contributed by atoms with Crippen molar-refractivity contribution < 1.29 is 19.1 Å². The molecule has 0 fully saturated rings. The Bertz CT molecular complexity index is 465. The standard InChI is InChI=1S/C16H23NO4/c1-5-11-20-14(18)13(12-9-7-6-8-10-12)17-15(19)21-16(2,3)4/h6-10,13H,5,11H2,1-4H3,(H,17,19). The molecule has 5 nitrogen and oxygen atoms in total. The van der Waals surface area contributed by atoms with Gasteiger partial charge in [-0.15, -0.1) is 0 Å². The van der Waals surface area contributed by atoms with E-state index in [-0.39, 0.29) is 0 Å². The molecule has 0 radical (unpaired) electrons. The van der Waals surface area contributed by atoms with E-state index in [1.165, 1.54) is 0 Å². The van der Waals surface area contributed by atoms with Gasteiger partial charge in [0, 0.05) is 0 Å². The van der Waals surface area contributed by atoms with Crippen LogP contribution in [0.5, 0.6) is 0 Å². The maximum Gasteiger partial charge on any atom is 0.408 e. The van der Waals surface area contributed by atoms with Crippen LogP contribution in [0.25, 0.3) is 0 Å². The highest BCUT2D eigenvalue weighted by molar-refractivity contribution is 5.82. The monoisotopic (exact) mass is 293 g/mol. The molecule has 0 aromatic heterocycles. The van der Waals surface area contributed by atoms with Crippen molar-refractivity contribution in [1.82, 2.24) is 5.32 Å². The van der Waals surface area contributed by atoms with Gasteiger partial charge in [-0.1, -0.05) is 37.3 Å². The molecule has 0 bridgehead atoms. The lowest BCUT2D eigenvalue weighted by atomic mass is 10.1. The molecule has 116 valence electrons. The third-order valence-electron chi connectivity index (χ3n) is 2.48. The number of benzene rings is 1. The first-order chi connectivity index (χ1) is 9.83. The van der Waals surface area contributed by atoms with E-state index in [1.54, 1.807) is 45.0 Å². The Morgan fingerprint density at radius 1 is 1.19 bits per heavy atom. The molecule has 21 heavy (non-hydrogen) atoms. The van der Waals surface area contributed by atoms with Gasteiger partial charge in [-0.25, -0.2) is 9.59 Å². The highest BCUT2D eigenvalue weighted by Gasteiger charge is 2.26. The SMILES string of the molecule is CCCOC(=O)C(NC(=O)OC(C)(C)C)c1ccccc1. The minimum absolute atomic E-state index is 0.318. The molecule has 0 spiro atoms. The van der Waals surface area contributed by atoms with Gasteiger partial charge in [-0.2, -0.15) is 0 Å². The minimum atomic E-state index is -0.868. The van der Waals surface area contributed by atoms with E-state index < -0.39 is 23.7 Å². The summed E-state index contributed by atoms with van der Waals surface area (Å²) < 4.78 is 10.3. The molecule has 0 saturated heterocycles. The number of carbonyl (C=O) groups excluding carboxylic acids is 2. The molecule has 5 heteroatoms. The quantitative estimate of drug-likeness (QED) is 0.847. The summed E-state index contributed by atoms with van der Waals surface area (Å²) in [6.45, 7) is 7.52. The fourth-order valence-corrected chi connectivity index (χ4v) is 1.64. The zero-order valence-corrected chi connectivity index (χ0v) is 13.0. The maximum atomic E-state index is 12.1. The second-order valence-corrected chi connectivity index (χ2v) is 5.66. The van der Waals surface area contributed by atoms with Gasteiger partial charge in [0.1, 0.15) is 5.60 Å². The summed E-state index contributed by atoms with van der Waals surface area (Å²) in [6, 6.07) is 8.08. The number of carbonyl (C=O) groups is 2. The van der Waals surface area contributed by atoms with E-state index in [2.05, 4.69) is 5.32 Å². The largest absolute Gasteiger partial charge is 0.464 e. The first-order valence-corrected chi connectivity index (χ1v) is 7.04. The number of esters is 1. The fourth-order valence-electron chi connectivity index (χ4n) is 1.64. The summed E-state index contributed by atoms with van der Waals surface area (Å²) in [6.07, 6.45) is 0.0736. The van der Waals surface area contributed by atoms with E-state index in [0.717, 1.165) is 6.42 Å². The van der Waals surface area contributed by atoms with Gasteiger partial charge in [0.2, 0.25) is 0 Å². The highest BCUT2D eigenvalue weighted by atomic mass is 16.6. The van der Waals surface area contributed by atoms with Crippen LogP contribution in [-0.2, 0) is 14.3 Å². The summed E-state index contributed by atoms with van der Waals surface area (Å²) in [7, 11) is 0. The van der Waals surface area contributed by atoms with E-state index in [9.17, 15) is 9.59 Å². The molecule has 1 amide bonds. The van der Waals surface area contributed by atoms with Crippen LogP contribution in [-0.4, -0.2) is 24.3 Å². The summed E-state index contributed by atoms with van der Waals surface area (Å²) >= 11 is 0. The third kappa shape index (κ3) is 6.29. The summed E-state index contributed by atoms with van der Waals surface area (Å²) in [5.41, 5.74) is 0.0306. The molecule has 1 aromatic rings. The molecule has 0 aliphatic carbocycles. The first-order valence-electron chi connectivity index (χ1n) is 7.04. The van der Waals surface area contributed by atoms with Crippen molar-refractivity contribution in [2.24, 2.45) is 0 Å². The minimum Gasteiger partial charge on any atom is -0.464 e. The third-order valence-corrected chi connectivity index (χ3v) is 2.48. The van der Waals surface area contributed by atoms with Crippen LogP contribution in [0.15, 0.2) is 30.3 Å². The second-order valence-electron chi connectivity index (χ2n) is 5.66. The van der Waals surface area contributed by atoms with Gasteiger partial charge in [-0.3, -0.25) is 0 Å². The van der Waals surface area contributed by atoms with Gasteiger partial charge in [-0.05, 0) is 32.8 Å². The molecule has 0 heterocycles. The van der Waals surface area contributed by atoms with Crippen molar-refractivity contribution in [2.75, 3.05) is 6.61 Å². The van der Waals surface area contributed by atoms with Gasteiger partial charge in [0.25, 0.3) is 0 Å². The van der Waals surface area contributed by atoms with Crippen LogP contribution >= 0.6 is 0 Å². The van der Waals surface area contributed by atoms with E-state index in [0.29, 0.717) is 12.2 Å². The lowest BCUT2D eigenvalue weighted by molar-refractivity contribution is -0.146. The molecule has 1 aromatic carbocycles. The maximum absolute atomic E-state index is 12.1. The molecule has 1 N–H and O–H groups in total. The average Bonchev–Trinajstić information content (AvgIpc) is 2.41. The zero-order chi connectivity index (χ0) is 15.9. The number of nitrogens with one attached hydrogen (secondary N) is 1. The van der Waals surface area contributed by atoms with Gasteiger partial charge in [0.05, 0.1) is 6.61 Å². The van der Waals surface area contributed by atoms with Crippen molar-refractivity contribution in [3.63, 3.8) is 0 Å². The number of hydrogen-bond acceptors (Lipinski definition) is 4. The average molecular weight is 293 g/mol. The molecule has 1 unspecified atom stereocenters. The topological polar surface area (TPSA) is 64.6 Å². The van der Waals surface area contributed by atoms with E-state index >= 15 is 0 Å².